The van der Waals surface area contributed by atoms with Crippen molar-refractivity contribution in [3.63, 3.8) is 0 Å². The summed E-state index contributed by atoms with van der Waals surface area (Å²) in [6, 6.07) is 9.26. The second-order valence-electron chi connectivity index (χ2n) is 10.8. The number of benzene rings is 2. The number of unbranched alkanes of at least 4 members (excludes halogenated alkanes) is 1. The Balaban J connectivity index is 1.49. The van der Waals surface area contributed by atoms with E-state index < -0.39 is 33.6 Å². The van der Waals surface area contributed by atoms with Crippen molar-refractivity contribution in [2.75, 3.05) is 32.7 Å². The van der Waals surface area contributed by atoms with Crippen molar-refractivity contribution in [2.45, 2.75) is 56.0 Å². The topological polar surface area (TPSA) is 98.8 Å². The molecule has 2 aromatic carbocycles. The molecule has 2 amide bonds. The Kier molecular flexibility index (Phi) is 9.97. The first-order valence-electron chi connectivity index (χ1n) is 13.9. The fourth-order valence-corrected chi connectivity index (χ4v) is 7.25. The van der Waals surface area contributed by atoms with E-state index >= 15 is 0 Å². The van der Waals surface area contributed by atoms with Crippen molar-refractivity contribution in [3.05, 3.63) is 59.7 Å². The molecule has 0 spiro atoms. The van der Waals surface area contributed by atoms with Crippen LogP contribution < -0.4 is 16.1 Å². The van der Waals surface area contributed by atoms with Crippen molar-refractivity contribution in [1.29, 1.82) is 0 Å². The normalized spacial score (nSPS) is 21.0. The molecule has 40 heavy (non-hydrogen) atoms. The standard InChI is InChI=1S/C28H37BF2N4O4S/c1-2-3-9-34-17-20(14-27(34)36)28(37)33-23(13-19-11-21(30)15-22(31)12-19)16-24-18-35(10-8-32-24)40(38,39)26-7-5-4-6-25(26)29/h4-7,11-12,15,20,23-24,32H,2-3,8-10,13-14,16-18,29H2,1H3,(H,33,37)/t20?,23?,24-/m0/s1. The molecule has 2 N–H and O–H groups in total. The van der Waals surface area contributed by atoms with Crippen molar-refractivity contribution >= 4 is 35.1 Å². The van der Waals surface area contributed by atoms with Crippen LogP contribution in [0.1, 0.15) is 38.2 Å². The van der Waals surface area contributed by atoms with Crippen LogP contribution in [0.4, 0.5) is 8.78 Å². The first-order valence-corrected chi connectivity index (χ1v) is 15.3. The van der Waals surface area contributed by atoms with Crippen molar-refractivity contribution in [1.82, 2.24) is 19.8 Å². The molecule has 216 valence electrons. The summed E-state index contributed by atoms with van der Waals surface area (Å²) in [5, 5.41) is 6.35. The number of halogens is 2. The molecule has 2 aromatic rings. The van der Waals surface area contributed by atoms with E-state index in [1.165, 1.54) is 16.4 Å². The fraction of sp³-hybridized carbons (Fsp3) is 0.500. The zero-order valence-corrected chi connectivity index (χ0v) is 23.9. The van der Waals surface area contributed by atoms with Crippen molar-refractivity contribution < 1.29 is 26.8 Å². The summed E-state index contributed by atoms with van der Waals surface area (Å²) in [7, 11) is -1.97. The van der Waals surface area contributed by atoms with E-state index in [9.17, 15) is 26.8 Å². The third kappa shape index (κ3) is 7.47. The summed E-state index contributed by atoms with van der Waals surface area (Å²) in [4.78, 5) is 27.7. The Hall–Kier alpha value is -2.83. The second kappa shape index (κ2) is 13.2. The Labute approximate surface area is 236 Å². The summed E-state index contributed by atoms with van der Waals surface area (Å²) in [5.41, 5.74) is 1.05. The molecule has 12 heteroatoms. The summed E-state index contributed by atoms with van der Waals surface area (Å²) in [5.74, 6) is -2.26. The van der Waals surface area contributed by atoms with Crippen LogP contribution in [0.25, 0.3) is 0 Å². The molecule has 4 rings (SSSR count). The number of nitrogens with one attached hydrogen (secondary N) is 2. The average molecular weight is 575 g/mol. The number of piperazine rings is 1. The van der Waals surface area contributed by atoms with Gasteiger partial charge in [0.1, 0.15) is 19.5 Å². The van der Waals surface area contributed by atoms with Gasteiger partial charge in [0, 0.05) is 57.3 Å². The number of likely N-dealkylation sites (tertiary alicyclic amines) is 1. The smallest absolute Gasteiger partial charge is 0.242 e. The number of hydrogen-bond donors (Lipinski definition) is 2. The lowest BCUT2D eigenvalue weighted by Crippen LogP contribution is -2.55. The largest absolute Gasteiger partial charge is 0.353 e. The monoisotopic (exact) mass is 574 g/mol. The van der Waals surface area contributed by atoms with Gasteiger partial charge in [-0.15, -0.1) is 0 Å². The predicted octanol–water partition coefficient (Wildman–Crippen LogP) is 0.952. The quantitative estimate of drug-likeness (QED) is 0.390. The minimum Gasteiger partial charge on any atom is -0.353 e. The van der Waals surface area contributed by atoms with E-state index in [-0.39, 0.29) is 42.1 Å². The fourth-order valence-electron chi connectivity index (χ4n) is 5.54. The molecule has 2 fully saturated rings. The van der Waals surface area contributed by atoms with Crippen LogP contribution in [0.15, 0.2) is 47.4 Å². The van der Waals surface area contributed by atoms with Gasteiger partial charge < -0.3 is 15.5 Å². The minimum absolute atomic E-state index is 0.0525. The Morgan fingerprint density at radius 3 is 2.60 bits per heavy atom. The number of rotatable bonds is 11. The summed E-state index contributed by atoms with van der Waals surface area (Å²) < 4.78 is 56.2. The molecule has 2 aliphatic rings. The number of carbonyl (C=O) groups is 2. The van der Waals surface area contributed by atoms with Gasteiger partial charge in [0.25, 0.3) is 0 Å². The number of amides is 2. The van der Waals surface area contributed by atoms with Gasteiger partial charge >= 0.3 is 0 Å². The maximum atomic E-state index is 14.0. The molecule has 2 heterocycles. The van der Waals surface area contributed by atoms with Gasteiger partial charge in [0.2, 0.25) is 21.8 Å². The third-order valence-corrected chi connectivity index (χ3v) is 9.64. The van der Waals surface area contributed by atoms with E-state index in [1.807, 2.05) is 6.92 Å². The summed E-state index contributed by atoms with van der Waals surface area (Å²) >= 11 is 0. The lowest BCUT2D eigenvalue weighted by atomic mass is 9.97. The first-order chi connectivity index (χ1) is 19.1. The van der Waals surface area contributed by atoms with E-state index in [0.717, 1.165) is 18.9 Å². The predicted molar refractivity (Wildman–Crippen MR) is 151 cm³/mol. The van der Waals surface area contributed by atoms with Gasteiger partial charge in [-0.2, -0.15) is 4.31 Å². The molecule has 0 saturated carbocycles. The van der Waals surface area contributed by atoms with Gasteiger partial charge in [-0.3, -0.25) is 9.59 Å². The lowest BCUT2D eigenvalue weighted by molar-refractivity contribution is -0.129. The van der Waals surface area contributed by atoms with Crippen LogP contribution in [0.2, 0.25) is 0 Å². The Morgan fingerprint density at radius 2 is 1.90 bits per heavy atom. The number of sulfonamides is 1. The molecule has 2 saturated heterocycles. The zero-order valence-electron chi connectivity index (χ0n) is 23.0. The summed E-state index contributed by atoms with van der Waals surface area (Å²) in [6.45, 7) is 3.91. The van der Waals surface area contributed by atoms with Crippen LogP contribution >= 0.6 is 0 Å². The lowest BCUT2D eigenvalue weighted by Gasteiger charge is -2.35. The molecular formula is C28H37BF2N4O4S. The highest BCUT2D eigenvalue weighted by Gasteiger charge is 2.36. The molecule has 2 unspecified atom stereocenters. The molecule has 8 nitrogen and oxygen atoms in total. The van der Waals surface area contributed by atoms with E-state index in [2.05, 4.69) is 10.6 Å². The van der Waals surface area contributed by atoms with E-state index in [0.29, 0.717) is 43.6 Å². The maximum absolute atomic E-state index is 14.0. The molecule has 3 atom stereocenters. The Bertz CT molecular complexity index is 1310. The molecule has 0 aromatic heterocycles. The average Bonchev–Trinajstić information content (AvgIpc) is 3.27. The van der Waals surface area contributed by atoms with E-state index in [1.54, 1.807) is 37.0 Å². The number of nitrogens with zero attached hydrogens (tertiary/aromatic N) is 2. The molecule has 0 radical (unpaired) electrons. The zero-order chi connectivity index (χ0) is 28.9. The molecule has 2 aliphatic heterocycles. The van der Waals surface area contributed by atoms with Gasteiger partial charge in [-0.1, -0.05) is 37.0 Å². The van der Waals surface area contributed by atoms with Gasteiger partial charge in [0.15, 0.2) is 0 Å². The van der Waals surface area contributed by atoms with Gasteiger partial charge in [0.05, 0.1) is 10.8 Å². The van der Waals surface area contributed by atoms with E-state index in [4.69, 9.17) is 0 Å². The van der Waals surface area contributed by atoms with Crippen LogP contribution in [0.5, 0.6) is 0 Å². The van der Waals surface area contributed by atoms with Crippen LogP contribution in [-0.4, -0.2) is 82.1 Å². The highest BCUT2D eigenvalue weighted by atomic mass is 32.2. The minimum atomic E-state index is -3.72. The van der Waals surface area contributed by atoms with Crippen LogP contribution in [0, 0.1) is 17.6 Å². The highest BCUT2D eigenvalue weighted by Crippen LogP contribution is 2.22. The number of carbonyl (C=O) groups excluding carboxylic acids is 2. The molecular weight excluding hydrogens is 537 g/mol. The van der Waals surface area contributed by atoms with Crippen molar-refractivity contribution in [3.8, 4) is 0 Å². The van der Waals surface area contributed by atoms with Gasteiger partial charge in [-0.25, -0.2) is 17.2 Å². The SMILES string of the molecule is Bc1ccccc1S(=O)(=O)N1CCN[C@@H](CC(Cc2cc(F)cc(F)c2)NC(=O)C2CC(=O)N(CCCC)C2)C1. The van der Waals surface area contributed by atoms with Crippen molar-refractivity contribution in [2.24, 2.45) is 5.92 Å². The van der Waals surface area contributed by atoms with Crippen LogP contribution in [-0.2, 0) is 26.0 Å². The summed E-state index contributed by atoms with van der Waals surface area (Å²) in [6.07, 6.45) is 2.43. The first kappa shape index (κ1) is 30.1. The van der Waals surface area contributed by atoms with Gasteiger partial charge in [-0.05, 0) is 43.0 Å². The molecule has 0 bridgehead atoms. The third-order valence-electron chi connectivity index (χ3n) is 7.62. The Morgan fingerprint density at radius 1 is 1.18 bits per heavy atom. The highest BCUT2D eigenvalue weighted by molar-refractivity contribution is 7.89. The number of hydrogen-bond acceptors (Lipinski definition) is 5. The maximum Gasteiger partial charge on any atom is 0.242 e. The second-order valence-corrected chi connectivity index (χ2v) is 12.7. The molecule has 0 aliphatic carbocycles. The van der Waals surface area contributed by atoms with Crippen LogP contribution in [0.3, 0.4) is 0 Å².